The Morgan fingerprint density at radius 1 is 1.17 bits per heavy atom. The van der Waals surface area contributed by atoms with Crippen LogP contribution in [0.3, 0.4) is 0 Å². The molecule has 0 aromatic carbocycles. The van der Waals surface area contributed by atoms with Crippen molar-refractivity contribution in [3.05, 3.63) is 24.2 Å². The smallest absolute Gasteiger partial charge is 0.230 e. The zero-order valence-corrected chi connectivity index (χ0v) is 15.6. The van der Waals surface area contributed by atoms with Gasteiger partial charge >= 0.3 is 0 Å². The number of rotatable bonds is 10. The first-order valence-electron chi connectivity index (χ1n) is 7.32. The number of hydrogen-bond donors (Lipinski definition) is 2. The predicted molar refractivity (Wildman–Crippen MR) is 95.2 cm³/mol. The molecule has 2 N–H and O–H groups in total. The minimum Gasteiger partial charge on any atom is -0.467 e. The first-order chi connectivity index (χ1) is 11.7. The monoisotopic (exact) mass is 386 g/mol. The molecule has 0 bridgehead atoms. The van der Waals surface area contributed by atoms with Crippen LogP contribution in [0.1, 0.15) is 19.1 Å². The Balaban J connectivity index is 1.65. The van der Waals surface area contributed by atoms with Crippen LogP contribution in [-0.4, -0.2) is 40.1 Å². The number of nitrogens with zero attached hydrogens (tertiary/aromatic N) is 2. The van der Waals surface area contributed by atoms with Crippen molar-refractivity contribution in [1.29, 1.82) is 0 Å². The summed E-state index contributed by atoms with van der Waals surface area (Å²) in [5.41, 5.74) is 0. The van der Waals surface area contributed by atoms with Crippen molar-refractivity contribution in [2.45, 2.75) is 28.6 Å². The van der Waals surface area contributed by atoms with Crippen molar-refractivity contribution in [1.82, 2.24) is 20.8 Å². The number of nitrogens with one attached hydrogen (secondary N) is 2. The lowest BCUT2D eigenvalue weighted by molar-refractivity contribution is -0.119. The summed E-state index contributed by atoms with van der Waals surface area (Å²) >= 11 is 4.05. The highest BCUT2D eigenvalue weighted by Gasteiger charge is 2.10. The second kappa shape index (κ2) is 10.4. The van der Waals surface area contributed by atoms with Gasteiger partial charge in [-0.25, -0.2) is 0 Å². The molecule has 0 aliphatic heterocycles. The molecule has 0 unspecified atom stereocenters. The topological polar surface area (TPSA) is 97.1 Å². The number of carbonyl (C=O) groups excluding carboxylic acids is 2. The van der Waals surface area contributed by atoms with Gasteiger partial charge in [0.15, 0.2) is 8.68 Å². The lowest BCUT2D eigenvalue weighted by Crippen LogP contribution is -2.25. The standard InChI is InChI=1S/C14H18N4O3S3/c1-2-5-15-11(19)8-22-13-17-18-14(24-13)23-9-12(20)16-7-10-4-3-6-21-10/h3-4,6H,2,5,7-9H2,1H3,(H,15,19)(H,16,20). The molecule has 24 heavy (non-hydrogen) atoms. The summed E-state index contributed by atoms with van der Waals surface area (Å²) in [7, 11) is 0. The molecule has 0 saturated carbocycles. The molecule has 0 fully saturated rings. The number of hydrogen-bond acceptors (Lipinski definition) is 8. The van der Waals surface area contributed by atoms with Crippen molar-refractivity contribution in [2.75, 3.05) is 18.1 Å². The van der Waals surface area contributed by atoms with Gasteiger partial charge in [0, 0.05) is 6.54 Å². The van der Waals surface area contributed by atoms with E-state index in [-0.39, 0.29) is 17.6 Å². The molecule has 0 radical (unpaired) electrons. The Labute approximate surface area is 152 Å². The van der Waals surface area contributed by atoms with Gasteiger partial charge in [0.1, 0.15) is 5.76 Å². The number of thioether (sulfide) groups is 2. The van der Waals surface area contributed by atoms with Crippen LogP contribution in [0.2, 0.25) is 0 Å². The third-order valence-electron chi connectivity index (χ3n) is 2.65. The molecule has 2 aromatic rings. The number of amides is 2. The van der Waals surface area contributed by atoms with Crippen LogP contribution in [0.15, 0.2) is 31.5 Å². The Kier molecular flexibility index (Phi) is 8.13. The Hall–Kier alpha value is -1.52. The molecule has 0 saturated heterocycles. The molecule has 0 spiro atoms. The molecular weight excluding hydrogens is 368 g/mol. The lowest BCUT2D eigenvalue weighted by atomic mass is 10.4. The van der Waals surface area contributed by atoms with E-state index >= 15 is 0 Å². The fourth-order valence-corrected chi connectivity index (χ4v) is 4.21. The SMILES string of the molecule is CCCNC(=O)CSc1nnc(SCC(=O)NCc2ccco2)s1. The maximum Gasteiger partial charge on any atom is 0.230 e. The van der Waals surface area contributed by atoms with Gasteiger partial charge in [-0.3, -0.25) is 9.59 Å². The number of furan rings is 1. The largest absolute Gasteiger partial charge is 0.467 e. The Morgan fingerprint density at radius 2 is 1.83 bits per heavy atom. The van der Waals surface area contributed by atoms with Crippen molar-refractivity contribution < 1.29 is 14.0 Å². The van der Waals surface area contributed by atoms with E-state index in [0.29, 0.717) is 28.9 Å². The quantitative estimate of drug-likeness (QED) is 0.604. The molecule has 0 aliphatic carbocycles. The van der Waals surface area contributed by atoms with E-state index in [1.807, 2.05) is 6.92 Å². The molecule has 2 heterocycles. The fraction of sp³-hybridized carbons (Fsp3) is 0.429. The highest BCUT2D eigenvalue weighted by molar-refractivity contribution is 8.03. The van der Waals surface area contributed by atoms with E-state index < -0.39 is 0 Å². The van der Waals surface area contributed by atoms with Gasteiger partial charge in [0.25, 0.3) is 0 Å². The van der Waals surface area contributed by atoms with Gasteiger partial charge in [0.2, 0.25) is 11.8 Å². The molecule has 10 heteroatoms. The Bertz CT molecular complexity index is 645. The highest BCUT2D eigenvalue weighted by Crippen LogP contribution is 2.28. The molecular formula is C14H18N4O3S3. The summed E-state index contributed by atoms with van der Waals surface area (Å²) in [6.45, 7) is 3.06. The van der Waals surface area contributed by atoms with Crippen LogP contribution in [0.4, 0.5) is 0 Å². The second-order valence-electron chi connectivity index (χ2n) is 4.62. The maximum atomic E-state index is 11.8. The van der Waals surface area contributed by atoms with E-state index in [2.05, 4.69) is 20.8 Å². The molecule has 0 aliphatic rings. The lowest BCUT2D eigenvalue weighted by Gasteiger charge is -2.01. The molecule has 130 valence electrons. The van der Waals surface area contributed by atoms with Crippen LogP contribution in [-0.2, 0) is 16.1 Å². The van der Waals surface area contributed by atoms with Gasteiger partial charge in [0.05, 0.1) is 24.3 Å². The van der Waals surface area contributed by atoms with Crippen molar-refractivity contribution in [3.63, 3.8) is 0 Å². The van der Waals surface area contributed by atoms with Crippen molar-refractivity contribution in [2.24, 2.45) is 0 Å². The van der Waals surface area contributed by atoms with E-state index in [0.717, 1.165) is 10.8 Å². The maximum absolute atomic E-state index is 11.8. The van der Waals surface area contributed by atoms with Crippen LogP contribution >= 0.6 is 34.9 Å². The van der Waals surface area contributed by atoms with Crippen molar-refractivity contribution in [3.8, 4) is 0 Å². The summed E-state index contributed by atoms with van der Waals surface area (Å²) < 4.78 is 6.57. The third-order valence-corrected chi connectivity index (χ3v) is 5.84. The summed E-state index contributed by atoms with van der Waals surface area (Å²) in [4.78, 5) is 23.3. The summed E-state index contributed by atoms with van der Waals surface area (Å²) in [5, 5.41) is 13.6. The third kappa shape index (κ3) is 6.93. The molecule has 2 rings (SSSR count). The van der Waals surface area contributed by atoms with Crippen molar-refractivity contribution >= 4 is 46.7 Å². The van der Waals surface area contributed by atoms with E-state index in [1.165, 1.54) is 34.9 Å². The summed E-state index contributed by atoms with van der Waals surface area (Å²) in [5.74, 6) is 1.19. The second-order valence-corrected chi connectivity index (χ2v) is 8.04. The van der Waals surface area contributed by atoms with Gasteiger partial charge in [-0.15, -0.1) is 10.2 Å². The normalized spacial score (nSPS) is 10.5. The van der Waals surface area contributed by atoms with Gasteiger partial charge in [-0.05, 0) is 18.6 Å². The molecule has 2 amide bonds. The average Bonchev–Trinajstić information content (AvgIpc) is 3.26. The first-order valence-corrected chi connectivity index (χ1v) is 10.1. The average molecular weight is 387 g/mol. The van der Waals surface area contributed by atoms with Gasteiger partial charge < -0.3 is 15.1 Å². The minimum atomic E-state index is -0.0975. The predicted octanol–water partition coefficient (Wildman–Crippen LogP) is 2.16. The Morgan fingerprint density at radius 3 is 2.42 bits per heavy atom. The summed E-state index contributed by atoms with van der Waals surface area (Å²) in [6, 6.07) is 3.58. The van der Waals surface area contributed by atoms with E-state index in [1.54, 1.807) is 18.4 Å². The van der Waals surface area contributed by atoms with Crippen LogP contribution in [0.5, 0.6) is 0 Å². The van der Waals surface area contributed by atoms with Crippen LogP contribution < -0.4 is 10.6 Å². The van der Waals surface area contributed by atoms with Gasteiger partial charge in [-0.2, -0.15) is 0 Å². The molecule has 7 nitrogen and oxygen atoms in total. The van der Waals surface area contributed by atoms with Crippen LogP contribution in [0, 0.1) is 0 Å². The first kappa shape index (κ1) is 18.8. The number of carbonyl (C=O) groups is 2. The highest BCUT2D eigenvalue weighted by atomic mass is 32.2. The zero-order chi connectivity index (χ0) is 17.2. The van der Waals surface area contributed by atoms with E-state index in [9.17, 15) is 9.59 Å². The zero-order valence-electron chi connectivity index (χ0n) is 13.1. The fourth-order valence-electron chi connectivity index (χ4n) is 1.53. The molecule has 2 aromatic heterocycles. The van der Waals surface area contributed by atoms with Crippen LogP contribution in [0.25, 0.3) is 0 Å². The minimum absolute atomic E-state index is 0.0106. The van der Waals surface area contributed by atoms with E-state index in [4.69, 9.17) is 4.42 Å². The molecule has 0 atom stereocenters. The summed E-state index contributed by atoms with van der Waals surface area (Å²) in [6.07, 6.45) is 2.48. The number of aromatic nitrogens is 2. The van der Waals surface area contributed by atoms with Gasteiger partial charge in [-0.1, -0.05) is 41.8 Å².